The number of aromatic nitrogens is 3. The van der Waals surface area contributed by atoms with Gasteiger partial charge in [-0.3, -0.25) is 39.1 Å². The Labute approximate surface area is 336 Å². The summed E-state index contributed by atoms with van der Waals surface area (Å²) in [7, 11) is 0. The first-order valence-electron chi connectivity index (χ1n) is 19.7. The first-order valence-corrected chi connectivity index (χ1v) is 19.7. The smallest absolute Gasteiger partial charge is 0.419 e. The molecule has 3 saturated heterocycles. The average molecular weight is 815 g/mol. The van der Waals surface area contributed by atoms with Crippen molar-refractivity contribution in [1.29, 1.82) is 5.26 Å². The summed E-state index contributed by atoms with van der Waals surface area (Å²) >= 11 is 0. The Morgan fingerprint density at radius 2 is 1.66 bits per heavy atom. The number of fused-ring (bicyclic) bond motifs is 1. The number of alkyl halides is 3. The summed E-state index contributed by atoms with van der Waals surface area (Å²) in [5.74, 6) is -1.35. The van der Waals surface area contributed by atoms with E-state index in [-0.39, 0.29) is 35.6 Å². The second kappa shape index (κ2) is 16.2. The van der Waals surface area contributed by atoms with Crippen LogP contribution in [0.2, 0.25) is 0 Å². The lowest BCUT2D eigenvalue weighted by Crippen LogP contribution is -2.54. The van der Waals surface area contributed by atoms with Crippen LogP contribution in [0, 0.1) is 23.2 Å². The minimum Gasteiger partial charge on any atom is -0.489 e. The summed E-state index contributed by atoms with van der Waals surface area (Å²) in [5, 5.41) is 22.6. The van der Waals surface area contributed by atoms with Gasteiger partial charge in [-0.1, -0.05) is 0 Å². The number of anilines is 3. The monoisotopic (exact) mass is 814 g/mol. The van der Waals surface area contributed by atoms with E-state index in [2.05, 4.69) is 40.5 Å². The maximum absolute atomic E-state index is 13.3. The number of hydrogen-bond donors (Lipinski definition) is 2. The number of pyridine rings is 1. The fraction of sp³-hybridized carbons (Fsp3) is 0.475. The quantitative estimate of drug-likeness (QED) is 0.299. The third-order valence-corrected chi connectivity index (χ3v) is 11.8. The van der Waals surface area contributed by atoms with Crippen molar-refractivity contribution in [2.24, 2.45) is 11.8 Å². The molecule has 5 aliphatic rings. The van der Waals surface area contributed by atoms with Crippen molar-refractivity contribution in [3.63, 3.8) is 0 Å². The van der Waals surface area contributed by atoms with Crippen molar-refractivity contribution in [3.8, 4) is 11.8 Å². The largest absolute Gasteiger partial charge is 0.489 e. The van der Waals surface area contributed by atoms with E-state index in [0.717, 1.165) is 81.5 Å². The van der Waals surface area contributed by atoms with E-state index in [9.17, 15) is 37.1 Å². The number of nitriles is 1. The van der Waals surface area contributed by atoms with Crippen molar-refractivity contribution in [3.05, 3.63) is 65.0 Å². The number of amides is 5. The molecule has 4 aliphatic heterocycles. The lowest BCUT2D eigenvalue weighted by molar-refractivity contribution is -0.138. The van der Waals surface area contributed by atoms with E-state index < -0.39 is 59.1 Å². The Bertz CT molecular complexity index is 2200. The molecule has 8 rings (SSSR count). The number of benzene rings is 1. The maximum Gasteiger partial charge on any atom is 0.419 e. The van der Waals surface area contributed by atoms with Crippen LogP contribution in [0.25, 0.3) is 0 Å². The van der Waals surface area contributed by atoms with Crippen LogP contribution in [0.15, 0.2) is 42.6 Å². The molecule has 2 aromatic heterocycles. The fourth-order valence-electron chi connectivity index (χ4n) is 8.64. The Kier molecular flexibility index (Phi) is 10.9. The van der Waals surface area contributed by atoms with E-state index in [1.807, 2.05) is 12.1 Å². The van der Waals surface area contributed by atoms with Crippen molar-refractivity contribution < 1.29 is 41.9 Å². The van der Waals surface area contributed by atoms with Gasteiger partial charge in [0, 0.05) is 63.8 Å². The number of piperazine rings is 1. The number of carbonyl (C=O) groups is 5. The summed E-state index contributed by atoms with van der Waals surface area (Å²) in [6, 6.07) is 9.97. The van der Waals surface area contributed by atoms with Crippen LogP contribution >= 0.6 is 0 Å². The minimum absolute atomic E-state index is 0.0706. The molecule has 16 nitrogen and oxygen atoms in total. The molecule has 4 fully saturated rings. The van der Waals surface area contributed by atoms with Crippen LogP contribution in [0.4, 0.5) is 30.5 Å². The molecule has 3 aromatic rings. The minimum atomic E-state index is -4.75. The van der Waals surface area contributed by atoms with E-state index >= 15 is 0 Å². The summed E-state index contributed by atoms with van der Waals surface area (Å²) < 4.78 is 45.7. The van der Waals surface area contributed by atoms with Crippen LogP contribution in [-0.2, 0) is 20.6 Å². The van der Waals surface area contributed by atoms with Gasteiger partial charge in [0.05, 0.1) is 29.0 Å². The predicted octanol–water partition coefficient (Wildman–Crippen LogP) is 3.39. The molecular weight excluding hydrogens is 773 g/mol. The lowest BCUT2D eigenvalue weighted by Gasteiger charge is -2.39. The predicted molar refractivity (Wildman–Crippen MR) is 203 cm³/mol. The number of ether oxygens (including phenoxy) is 1. The summed E-state index contributed by atoms with van der Waals surface area (Å²) in [4.78, 5) is 74.8. The second-order valence-corrected chi connectivity index (χ2v) is 15.6. The van der Waals surface area contributed by atoms with Crippen molar-refractivity contribution >= 4 is 46.9 Å². The molecule has 5 amide bonds. The van der Waals surface area contributed by atoms with Crippen molar-refractivity contribution in [1.82, 2.24) is 30.3 Å². The summed E-state index contributed by atoms with van der Waals surface area (Å²) in [6.45, 7) is 5.78. The highest BCUT2D eigenvalue weighted by Crippen LogP contribution is 2.36. The summed E-state index contributed by atoms with van der Waals surface area (Å²) in [6.07, 6.45) is -0.754. The Hall–Kier alpha value is -6.16. The lowest BCUT2D eigenvalue weighted by atomic mass is 9.96. The zero-order valence-electron chi connectivity index (χ0n) is 31.9. The number of rotatable bonds is 9. The Balaban J connectivity index is 0.763. The number of halogens is 3. The van der Waals surface area contributed by atoms with Gasteiger partial charge in [0.2, 0.25) is 17.7 Å². The van der Waals surface area contributed by atoms with Gasteiger partial charge >= 0.3 is 6.18 Å². The van der Waals surface area contributed by atoms with Crippen molar-refractivity contribution in [2.75, 3.05) is 60.9 Å². The molecular formula is C40H41F3N10O6. The third kappa shape index (κ3) is 8.40. The Morgan fingerprint density at radius 1 is 0.898 bits per heavy atom. The second-order valence-electron chi connectivity index (χ2n) is 15.6. The molecule has 0 spiro atoms. The van der Waals surface area contributed by atoms with Crippen LogP contribution in [-0.4, -0.2) is 112 Å². The molecule has 59 heavy (non-hydrogen) atoms. The molecule has 2 N–H and O–H groups in total. The number of nitrogens with zero attached hydrogens (tertiary/aromatic N) is 8. The molecule has 6 heterocycles. The third-order valence-electron chi connectivity index (χ3n) is 11.8. The fourth-order valence-corrected chi connectivity index (χ4v) is 8.64. The maximum atomic E-state index is 13.3. The van der Waals surface area contributed by atoms with Crippen LogP contribution < -0.4 is 25.2 Å². The van der Waals surface area contributed by atoms with Gasteiger partial charge in [-0.2, -0.15) is 18.4 Å². The van der Waals surface area contributed by atoms with Gasteiger partial charge in [0.15, 0.2) is 17.3 Å². The molecule has 3 atom stereocenters. The van der Waals surface area contributed by atoms with Crippen LogP contribution in [0.3, 0.4) is 0 Å². The van der Waals surface area contributed by atoms with E-state index in [1.54, 1.807) is 18.2 Å². The highest BCUT2D eigenvalue weighted by molar-refractivity contribution is 6.23. The molecule has 0 radical (unpaired) electrons. The van der Waals surface area contributed by atoms with Gasteiger partial charge in [0.25, 0.3) is 11.8 Å². The number of hydrogen-bond acceptors (Lipinski definition) is 13. The SMILES string of the molecule is N#Cc1ncc(OC2CCC(C(=O)Nc3ccc(N4CCC(CN5CCN(c6ccc7c(c6)C(=O)N(C6CCC(=O)NC6=O)C7=O)CC5)CC4)nn3)C2)cc1C(F)(F)F. The molecule has 1 saturated carbocycles. The first-order chi connectivity index (χ1) is 28.3. The van der Waals surface area contributed by atoms with E-state index in [0.29, 0.717) is 36.8 Å². The molecule has 1 aromatic carbocycles. The van der Waals surface area contributed by atoms with Gasteiger partial charge in [-0.15, -0.1) is 10.2 Å². The Morgan fingerprint density at radius 3 is 2.36 bits per heavy atom. The van der Waals surface area contributed by atoms with E-state index in [4.69, 9.17) is 10.00 Å². The molecule has 1 aliphatic carbocycles. The van der Waals surface area contributed by atoms with Gasteiger partial charge in [-0.05, 0) is 80.8 Å². The number of piperidine rings is 2. The number of carbonyl (C=O) groups excluding carboxylic acids is 5. The molecule has 19 heteroatoms. The van der Waals surface area contributed by atoms with Gasteiger partial charge in [0.1, 0.15) is 17.9 Å². The van der Waals surface area contributed by atoms with Crippen LogP contribution in [0.1, 0.15) is 76.9 Å². The highest BCUT2D eigenvalue weighted by Gasteiger charge is 2.45. The highest BCUT2D eigenvalue weighted by atomic mass is 19.4. The van der Waals surface area contributed by atoms with E-state index in [1.165, 1.54) is 6.07 Å². The van der Waals surface area contributed by atoms with Crippen molar-refractivity contribution in [2.45, 2.75) is 63.3 Å². The summed E-state index contributed by atoms with van der Waals surface area (Å²) in [5.41, 5.74) is -0.503. The zero-order valence-corrected chi connectivity index (χ0v) is 31.9. The number of imide groups is 2. The first kappa shape index (κ1) is 39.7. The normalized spacial score (nSPS) is 22.9. The number of nitrogens with one attached hydrogen (secondary N) is 2. The molecule has 0 bridgehead atoms. The van der Waals surface area contributed by atoms with Gasteiger partial charge < -0.3 is 19.9 Å². The van der Waals surface area contributed by atoms with Crippen LogP contribution in [0.5, 0.6) is 5.75 Å². The zero-order chi connectivity index (χ0) is 41.4. The molecule has 308 valence electrons. The molecule has 3 unspecified atom stereocenters. The van der Waals surface area contributed by atoms with Gasteiger partial charge in [-0.25, -0.2) is 4.98 Å². The average Bonchev–Trinajstić information content (AvgIpc) is 3.79. The standard InChI is InChI=1S/C40H41F3N10O6/c41-40(42,43)30-19-27(21-45-31(30)20-44)59-26-3-1-24(17-26)36(55)46-33-6-7-34(49-48-33)52-11-9-23(10-12-52)22-50-13-15-51(16-14-50)25-2-4-28-29(18-25)39(58)53(38(28)57)32-5-8-35(54)47-37(32)56/h2,4,6-7,18-19,21,23-24,26,32H,1,3,5,8-17,22H2,(H,46,48,55)(H,47,54,56). The topological polar surface area (TPSA) is 194 Å².